The summed E-state index contributed by atoms with van der Waals surface area (Å²) < 4.78 is 12.4. The van der Waals surface area contributed by atoms with Crippen LogP contribution < -0.4 is 4.74 Å². The fraction of sp³-hybridized carbons (Fsp3) is 0.115. The van der Waals surface area contributed by atoms with Gasteiger partial charge in [0.05, 0.1) is 35.6 Å². The van der Waals surface area contributed by atoms with E-state index in [0.29, 0.717) is 11.4 Å². The molecule has 0 atom stereocenters. The average molecular weight is 470 g/mol. The van der Waals surface area contributed by atoms with Gasteiger partial charge in [-0.25, -0.2) is 14.5 Å². The van der Waals surface area contributed by atoms with Crippen LogP contribution in [0.5, 0.6) is 5.75 Å². The summed E-state index contributed by atoms with van der Waals surface area (Å²) in [6.45, 7) is 1.79. The Balaban J connectivity index is 1.83. The predicted molar refractivity (Wildman–Crippen MR) is 131 cm³/mol. The number of pyridine rings is 1. The summed E-state index contributed by atoms with van der Waals surface area (Å²) in [4.78, 5) is 27.2. The minimum Gasteiger partial charge on any atom is -0.496 e. The van der Waals surface area contributed by atoms with Crippen LogP contribution in [0.4, 0.5) is 5.69 Å². The van der Waals surface area contributed by atoms with Crippen molar-refractivity contribution < 1.29 is 19.2 Å². The molecular weight excluding hydrogens is 448 g/mol. The van der Waals surface area contributed by atoms with Crippen molar-refractivity contribution in [1.29, 1.82) is 0 Å². The zero-order valence-electron chi connectivity index (χ0n) is 19.1. The molecule has 0 saturated heterocycles. The van der Waals surface area contributed by atoms with Crippen molar-refractivity contribution in [3.05, 3.63) is 100.0 Å². The number of hydrogen-bond acceptors (Lipinski definition) is 7. The fourth-order valence-electron chi connectivity index (χ4n) is 3.51. The van der Waals surface area contributed by atoms with Crippen molar-refractivity contribution in [1.82, 2.24) is 14.8 Å². The van der Waals surface area contributed by atoms with Crippen molar-refractivity contribution >= 4 is 23.8 Å². The molecule has 0 unspecified atom stereocenters. The number of aromatic nitrogens is 3. The van der Waals surface area contributed by atoms with Gasteiger partial charge in [0.15, 0.2) is 0 Å². The van der Waals surface area contributed by atoms with E-state index in [-0.39, 0.29) is 23.6 Å². The van der Waals surface area contributed by atoms with Gasteiger partial charge in [0.1, 0.15) is 17.6 Å². The second-order valence-corrected chi connectivity index (χ2v) is 7.35. The average Bonchev–Trinajstić information content (AvgIpc) is 3.32. The van der Waals surface area contributed by atoms with Gasteiger partial charge in [0.2, 0.25) is 0 Å². The van der Waals surface area contributed by atoms with Gasteiger partial charge in [-0.1, -0.05) is 30.3 Å². The Bertz CT molecular complexity index is 1400. The van der Waals surface area contributed by atoms with Crippen LogP contribution in [-0.2, 0) is 4.74 Å². The molecule has 2 aromatic heterocycles. The quantitative estimate of drug-likeness (QED) is 0.198. The Morgan fingerprint density at radius 1 is 1.11 bits per heavy atom. The molecule has 0 N–H and O–H groups in total. The number of ether oxygens (including phenoxy) is 2. The number of carbonyl (C=O) groups is 1. The van der Waals surface area contributed by atoms with E-state index in [9.17, 15) is 14.9 Å². The molecule has 0 spiro atoms. The molecule has 2 heterocycles. The van der Waals surface area contributed by atoms with Crippen LogP contribution >= 0.6 is 0 Å². The van der Waals surface area contributed by atoms with Crippen LogP contribution in [-0.4, -0.2) is 39.4 Å². The Kier molecular flexibility index (Phi) is 6.96. The number of methoxy groups -OCH3 is 1. The molecular formula is C26H22N4O5. The van der Waals surface area contributed by atoms with Gasteiger partial charge in [-0.15, -0.1) is 0 Å². The smallest absolute Gasteiger partial charge is 0.340 e. The predicted octanol–water partition coefficient (Wildman–Crippen LogP) is 5.20. The molecule has 0 aliphatic carbocycles. The lowest BCUT2D eigenvalue weighted by atomic mass is 10.1. The van der Waals surface area contributed by atoms with E-state index in [4.69, 9.17) is 14.6 Å². The molecule has 0 amide bonds. The minimum atomic E-state index is -0.687. The van der Waals surface area contributed by atoms with E-state index >= 15 is 0 Å². The lowest BCUT2D eigenvalue weighted by molar-refractivity contribution is -0.385. The Hall–Kier alpha value is -4.79. The molecule has 2 aromatic carbocycles. The number of carbonyl (C=O) groups excluding carboxylic acids is 1. The van der Waals surface area contributed by atoms with Gasteiger partial charge < -0.3 is 9.47 Å². The van der Waals surface area contributed by atoms with E-state index in [1.54, 1.807) is 30.9 Å². The standard InChI is InChI=1S/C26H22N4O5/c1-3-35-26(31)22-15-20(30(32)33)16-27-23(22)14-13-18-17-29(19-9-5-4-6-10-19)28-25(18)21-11-7-8-12-24(21)34-2/h4-17H,3H2,1-2H3. The molecule has 0 saturated carbocycles. The molecule has 0 fully saturated rings. The fourth-order valence-corrected chi connectivity index (χ4v) is 3.51. The minimum absolute atomic E-state index is 0.00610. The second-order valence-electron chi connectivity index (χ2n) is 7.35. The molecule has 0 aliphatic rings. The maximum absolute atomic E-state index is 12.5. The maximum atomic E-state index is 12.5. The van der Waals surface area contributed by atoms with Crippen molar-refractivity contribution in [2.75, 3.05) is 13.7 Å². The van der Waals surface area contributed by atoms with Crippen LogP contribution in [0.25, 0.3) is 29.1 Å². The van der Waals surface area contributed by atoms with Gasteiger partial charge in [-0.3, -0.25) is 10.1 Å². The summed E-state index contributed by atoms with van der Waals surface area (Å²) in [5.74, 6) is -0.0329. The molecule has 9 heteroatoms. The van der Waals surface area contributed by atoms with Crippen molar-refractivity contribution in [3.8, 4) is 22.7 Å². The number of esters is 1. The third-order valence-corrected chi connectivity index (χ3v) is 5.16. The van der Waals surface area contributed by atoms with Crippen molar-refractivity contribution in [2.24, 2.45) is 0 Å². The largest absolute Gasteiger partial charge is 0.496 e. The molecule has 4 rings (SSSR count). The summed E-state index contributed by atoms with van der Waals surface area (Å²) in [5, 5.41) is 16.0. The Morgan fingerprint density at radius 2 is 1.86 bits per heavy atom. The third-order valence-electron chi connectivity index (χ3n) is 5.16. The first kappa shape index (κ1) is 23.4. The highest BCUT2D eigenvalue weighted by atomic mass is 16.6. The van der Waals surface area contributed by atoms with E-state index in [1.807, 2.05) is 60.8 Å². The topological polar surface area (TPSA) is 109 Å². The monoisotopic (exact) mass is 470 g/mol. The second kappa shape index (κ2) is 10.4. The van der Waals surface area contributed by atoms with Gasteiger partial charge in [0, 0.05) is 23.4 Å². The van der Waals surface area contributed by atoms with Crippen molar-refractivity contribution in [3.63, 3.8) is 0 Å². The summed E-state index contributed by atoms with van der Waals surface area (Å²) in [7, 11) is 1.59. The summed E-state index contributed by atoms with van der Waals surface area (Å²) in [6.07, 6.45) is 6.33. The molecule has 0 bridgehead atoms. The van der Waals surface area contributed by atoms with Crippen LogP contribution in [0.2, 0.25) is 0 Å². The molecule has 9 nitrogen and oxygen atoms in total. The molecule has 0 radical (unpaired) electrons. The first-order valence-electron chi connectivity index (χ1n) is 10.8. The zero-order chi connectivity index (χ0) is 24.8. The van der Waals surface area contributed by atoms with Crippen molar-refractivity contribution in [2.45, 2.75) is 6.92 Å². The van der Waals surface area contributed by atoms with Crippen LogP contribution in [0, 0.1) is 10.1 Å². The van der Waals surface area contributed by atoms with Gasteiger partial charge in [-0.2, -0.15) is 5.10 Å². The zero-order valence-corrected chi connectivity index (χ0v) is 19.1. The number of rotatable bonds is 8. The number of para-hydroxylation sites is 2. The first-order chi connectivity index (χ1) is 17.0. The molecule has 4 aromatic rings. The van der Waals surface area contributed by atoms with E-state index in [2.05, 4.69) is 4.98 Å². The number of hydrogen-bond donors (Lipinski definition) is 0. The van der Waals surface area contributed by atoms with E-state index < -0.39 is 10.9 Å². The summed E-state index contributed by atoms with van der Waals surface area (Å²) in [6, 6.07) is 18.3. The Labute approximate surface area is 201 Å². The number of nitrogens with zero attached hydrogens (tertiary/aromatic N) is 4. The number of nitro groups is 1. The van der Waals surface area contributed by atoms with Crippen LogP contribution in [0.1, 0.15) is 28.5 Å². The van der Waals surface area contributed by atoms with Gasteiger partial charge in [0.25, 0.3) is 5.69 Å². The highest BCUT2D eigenvalue weighted by Gasteiger charge is 2.19. The van der Waals surface area contributed by atoms with Gasteiger partial charge in [-0.05, 0) is 43.3 Å². The SMILES string of the molecule is CCOC(=O)c1cc([N+](=O)[O-])cnc1C=Cc1cn(-c2ccccc2)nc1-c1ccccc1OC. The first-order valence-corrected chi connectivity index (χ1v) is 10.8. The Morgan fingerprint density at radius 3 is 2.57 bits per heavy atom. The lowest BCUT2D eigenvalue weighted by Crippen LogP contribution is -2.08. The summed E-state index contributed by atoms with van der Waals surface area (Å²) >= 11 is 0. The molecule has 176 valence electrons. The normalized spacial score (nSPS) is 10.9. The van der Waals surface area contributed by atoms with Gasteiger partial charge >= 0.3 is 5.97 Å². The number of benzene rings is 2. The highest BCUT2D eigenvalue weighted by molar-refractivity contribution is 5.95. The van der Waals surface area contributed by atoms with E-state index in [0.717, 1.165) is 23.0 Å². The van der Waals surface area contributed by atoms with E-state index in [1.165, 1.54) is 6.07 Å². The molecule has 35 heavy (non-hydrogen) atoms. The molecule has 0 aliphatic heterocycles. The van der Waals surface area contributed by atoms with Crippen LogP contribution in [0.15, 0.2) is 73.1 Å². The maximum Gasteiger partial charge on any atom is 0.340 e. The summed E-state index contributed by atoms with van der Waals surface area (Å²) in [5.41, 5.74) is 2.99. The third kappa shape index (κ3) is 5.09. The lowest BCUT2D eigenvalue weighted by Gasteiger charge is -2.07. The highest BCUT2D eigenvalue weighted by Crippen LogP contribution is 2.33. The van der Waals surface area contributed by atoms with Crippen LogP contribution in [0.3, 0.4) is 0 Å².